The van der Waals surface area contributed by atoms with Gasteiger partial charge in [-0.3, -0.25) is 4.79 Å². The molecule has 0 radical (unpaired) electrons. The zero-order valence-corrected chi connectivity index (χ0v) is 10.2. The van der Waals surface area contributed by atoms with Crippen molar-refractivity contribution in [1.82, 2.24) is 0 Å². The smallest absolute Gasteiger partial charge is 0.204 e. The van der Waals surface area contributed by atoms with E-state index in [1.165, 1.54) is 13.4 Å². The van der Waals surface area contributed by atoms with Gasteiger partial charge in [0, 0.05) is 0 Å². The highest BCUT2D eigenvalue weighted by molar-refractivity contribution is 6.33. The first-order valence-corrected chi connectivity index (χ1v) is 5.43. The summed E-state index contributed by atoms with van der Waals surface area (Å²) in [6.07, 6.45) is 1.39. The molecule has 0 saturated carbocycles. The number of rotatable bonds is 3. The van der Waals surface area contributed by atoms with Gasteiger partial charge in [-0.1, -0.05) is 11.6 Å². The Morgan fingerprint density at radius 3 is 2.65 bits per heavy atom. The van der Waals surface area contributed by atoms with Crippen molar-refractivity contribution in [3.8, 4) is 5.75 Å². The summed E-state index contributed by atoms with van der Waals surface area (Å²) in [4.78, 5) is 12.2. The highest BCUT2D eigenvalue weighted by Crippen LogP contribution is 2.26. The minimum atomic E-state index is -0.204. The third-order valence-electron chi connectivity index (χ3n) is 2.46. The maximum absolute atomic E-state index is 12.2. The first kappa shape index (κ1) is 11.7. The summed E-state index contributed by atoms with van der Waals surface area (Å²) in [7, 11) is 1.53. The molecule has 0 atom stereocenters. The number of ketones is 1. The SMILES string of the molecule is COc1ccc(C)cc1C(=O)c1ccoc1Cl. The first-order valence-electron chi connectivity index (χ1n) is 5.06. The molecule has 1 aromatic carbocycles. The van der Waals surface area contributed by atoms with E-state index >= 15 is 0 Å². The van der Waals surface area contributed by atoms with Crippen LogP contribution in [0, 0.1) is 6.92 Å². The molecule has 0 aliphatic carbocycles. The molecule has 0 bridgehead atoms. The highest BCUT2D eigenvalue weighted by Gasteiger charge is 2.19. The van der Waals surface area contributed by atoms with Gasteiger partial charge in [-0.05, 0) is 36.7 Å². The molecule has 0 amide bonds. The molecule has 88 valence electrons. The van der Waals surface area contributed by atoms with E-state index in [4.69, 9.17) is 20.8 Å². The Kier molecular flexibility index (Phi) is 3.20. The minimum Gasteiger partial charge on any atom is -0.496 e. The number of methoxy groups -OCH3 is 1. The Morgan fingerprint density at radius 1 is 1.29 bits per heavy atom. The van der Waals surface area contributed by atoms with E-state index in [0.717, 1.165) is 5.56 Å². The van der Waals surface area contributed by atoms with Crippen molar-refractivity contribution in [3.63, 3.8) is 0 Å². The normalized spacial score (nSPS) is 10.3. The van der Waals surface area contributed by atoms with Gasteiger partial charge in [-0.15, -0.1) is 0 Å². The third-order valence-corrected chi connectivity index (χ3v) is 2.75. The number of ether oxygens (including phenoxy) is 1. The number of benzene rings is 1. The third kappa shape index (κ3) is 2.19. The lowest BCUT2D eigenvalue weighted by Gasteiger charge is -2.07. The van der Waals surface area contributed by atoms with Crippen LogP contribution in [0.5, 0.6) is 5.75 Å². The van der Waals surface area contributed by atoms with Crippen LogP contribution < -0.4 is 4.74 Å². The summed E-state index contributed by atoms with van der Waals surface area (Å²) < 4.78 is 10.1. The zero-order chi connectivity index (χ0) is 12.4. The topological polar surface area (TPSA) is 39.4 Å². The van der Waals surface area contributed by atoms with Crippen LogP contribution in [-0.2, 0) is 0 Å². The second-order valence-corrected chi connectivity index (χ2v) is 3.98. The molecule has 0 spiro atoms. The van der Waals surface area contributed by atoms with Crippen molar-refractivity contribution >= 4 is 17.4 Å². The molecule has 2 rings (SSSR count). The van der Waals surface area contributed by atoms with E-state index < -0.39 is 0 Å². The molecule has 17 heavy (non-hydrogen) atoms. The van der Waals surface area contributed by atoms with E-state index in [1.54, 1.807) is 18.2 Å². The molecular weight excluding hydrogens is 240 g/mol. The number of halogens is 1. The Hall–Kier alpha value is -1.74. The molecule has 3 nitrogen and oxygen atoms in total. The van der Waals surface area contributed by atoms with Gasteiger partial charge in [-0.2, -0.15) is 0 Å². The van der Waals surface area contributed by atoms with Crippen molar-refractivity contribution in [3.05, 3.63) is 52.4 Å². The fraction of sp³-hybridized carbons (Fsp3) is 0.154. The van der Waals surface area contributed by atoms with Crippen molar-refractivity contribution in [2.75, 3.05) is 7.11 Å². The summed E-state index contributed by atoms with van der Waals surface area (Å²) >= 11 is 5.79. The van der Waals surface area contributed by atoms with Crippen molar-refractivity contribution in [1.29, 1.82) is 0 Å². The summed E-state index contributed by atoms with van der Waals surface area (Å²) in [5.41, 5.74) is 1.81. The quantitative estimate of drug-likeness (QED) is 0.783. The highest BCUT2D eigenvalue weighted by atomic mass is 35.5. The number of carbonyl (C=O) groups is 1. The monoisotopic (exact) mass is 250 g/mol. The average molecular weight is 251 g/mol. The lowest BCUT2D eigenvalue weighted by atomic mass is 10.0. The number of carbonyl (C=O) groups excluding carboxylic acids is 1. The molecule has 0 aliphatic rings. The fourth-order valence-corrected chi connectivity index (χ4v) is 1.80. The van der Waals surface area contributed by atoms with Crippen LogP contribution in [0.4, 0.5) is 0 Å². The van der Waals surface area contributed by atoms with Gasteiger partial charge in [-0.25, -0.2) is 0 Å². The van der Waals surface area contributed by atoms with Crippen LogP contribution in [0.2, 0.25) is 5.22 Å². The fourth-order valence-electron chi connectivity index (χ4n) is 1.60. The van der Waals surface area contributed by atoms with E-state index in [2.05, 4.69) is 0 Å². The maximum atomic E-state index is 12.2. The molecule has 0 unspecified atom stereocenters. The molecular formula is C13H11ClO3. The molecule has 0 aliphatic heterocycles. The minimum absolute atomic E-state index is 0.0959. The number of aryl methyl sites for hydroxylation is 1. The standard InChI is InChI=1S/C13H11ClO3/c1-8-3-4-11(16-2)10(7-8)12(15)9-5-6-17-13(9)14/h3-7H,1-2H3. The average Bonchev–Trinajstić information content (AvgIpc) is 2.74. The molecule has 0 saturated heterocycles. The first-order chi connectivity index (χ1) is 8.13. The molecule has 1 heterocycles. The van der Waals surface area contributed by atoms with E-state index in [-0.39, 0.29) is 11.0 Å². The van der Waals surface area contributed by atoms with Crippen LogP contribution in [0.1, 0.15) is 21.5 Å². The molecule has 0 fully saturated rings. The second kappa shape index (κ2) is 4.63. The largest absolute Gasteiger partial charge is 0.496 e. The number of hydrogen-bond donors (Lipinski definition) is 0. The Balaban J connectivity index is 2.50. The van der Waals surface area contributed by atoms with Gasteiger partial charge in [0.2, 0.25) is 11.0 Å². The van der Waals surface area contributed by atoms with E-state index in [1.807, 2.05) is 13.0 Å². The van der Waals surface area contributed by atoms with Crippen molar-refractivity contribution in [2.24, 2.45) is 0 Å². The van der Waals surface area contributed by atoms with Crippen LogP contribution in [0.3, 0.4) is 0 Å². The number of furan rings is 1. The Labute approximate surface area is 104 Å². The maximum Gasteiger partial charge on any atom is 0.204 e. The summed E-state index contributed by atoms with van der Waals surface area (Å²) in [6, 6.07) is 6.96. The summed E-state index contributed by atoms with van der Waals surface area (Å²) in [5.74, 6) is 0.321. The van der Waals surface area contributed by atoms with Crippen molar-refractivity contribution in [2.45, 2.75) is 6.92 Å². The number of hydrogen-bond acceptors (Lipinski definition) is 3. The van der Waals surface area contributed by atoms with Gasteiger partial charge < -0.3 is 9.15 Å². The second-order valence-electron chi connectivity index (χ2n) is 3.64. The Bertz CT molecular complexity index is 558. The van der Waals surface area contributed by atoms with Crippen molar-refractivity contribution < 1.29 is 13.9 Å². The molecule has 1 aromatic heterocycles. The molecule has 0 N–H and O–H groups in total. The van der Waals surface area contributed by atoms with E-state index in [0.29, 0.717) is 16.9 Å². The van der Waals surface area contributed by atoms with Crippen LogP contribution >= 0.6 is 11.6 Å². The molecule has 4 heteroatoms. The predicted octanol–water partition coefficient (Wildman–Crippen LogP) is 3.48. The van der Waals surface area contributed by atoms with Crippen LogP contribution in [0.25, 0.3) is 0 Å². The zero-order valence-electron chi connectivity index (χ0n) is 9.49. The van der Waals surface area contributed by atoms with Gasteiger partial charge >= 0.3 is 0 Å². The lowest BCUT2D eigenvalue weighted by Crippen LogP contribution is -2.03. The van der Waals surface area contributed by atoms with Gasteiger partial charge in [0.25, 0.3) is 0 Å². The van der Waals surface area contributed by atoms with Crippen LogP contribution in [0.15, 0.2) is 34.9 Å². The lowest BCUT2D eigenvalue weighted by molar-refractivity contribution is 0.103. The predicted molar refractivity (Wildman–Crippen MR) is 64.9 cm³/mol. The van der Waals surface area contributed by atoms with Crippen LogP contribution in [-0.4, -0.2) is 12.9 Å². The van der Waals surface area contributed by atoms with Gasteiger partial charge in [0.05, 0.1) is 24.5 Å². The van der Waals surface area contributed by atoms with Gasteiger partial charge in [0.1, 0.15) is 5.75 Å². The van der Waals surface area contributed by atoms with E-state index in [9.17, 15) is 4.79 Å². The summed E-state index contributed by atoms with van der Waals surface area (Å²) in [5, 5.41) is 0.0959. The van der Waals surface area contributed by atoms with Gasteiger partial charge in [0.15, 0.2) is 0 Å². The Morgan fingerprint density at radius 2 is 2.06 bits per heavy atom. The summed E-state index contributed by atoms with van der Waals surface area (Å²) in [6.45, 7) is 1.91. The molecule has 2 aromatic rings.